The predicted molar refractivity (Wildman–Crippen MR) is 91.1 cm³/mol. The molecule has 2 N–H and O–H groups in total. The molecule has 2 aromatic carbocycles. The fourth-order valence-electron chi connectivity index (χ4n) is 1.94. The van der Waals surface area contributed by atoms with Crippen LogP contribution in [0.3, 0.4) is 0 Å². The van der Waals surface area contributed by atoms with E-state index >= 15 is 0 Å². The van der Waals surface area contributed by atoms with Crippen LogP contribution in [-0.4, -0.2) is 23.7 Å². The van der Waals surface area contributed by atoms with Gasteiger partial charge in [-0.3, -0.25) is 4.79 Å². The maximum absolute atomic E-state index is 11.9. The predicted octanol–water partition coefficient (Wildman–Crippen LogP) is 3.48. The maximum Gasteiger partial charge on any atom is 0.251 e. The molecular formula is C18H21NO2S. The van der Waals surface area contributed by atoms with Crippen LogP contribution >= 0.6 is 11.8 Å². The lowest BCUT2D eigenvalue weighted by molar-refractivity contribution is 0.0945. The molecule has 0 aliphatic heterocycles. The number of carbonyl (C=O) groups is 1. The summed E-state index contributed by atoms with van der Waals surface area (Å²) in [4.78, 5) is 13.1. The standard InChI is InChI=1S/C18H21NO2S/c1-14(20)11-12-19-18(21)16-7-9-17(10-8-16)22-13-15-5-3-2-4-6-15/h2-10,14,20H,11-13H2,1H3,(H,19,21). The Morgan fingerprint density at radius 1 is 1.14 bits per heavy atom. The zero-order chi connectivity index (χ0) is 15.8. The van der Waals surface area contributed by atoms with Crippen molar-refractivity contribution in [1.29, 1.82) is 0 Å². The third kappa shape index (κ3) is 5.54. The highest BCUT2D eigenvalue weighted by Gasteiger charge is 2.05. The van der Waals surface area contributed by atoms with Gasteiger partial charge in [-0.25, -0.2) is 0 Å². The number of hydrogen-bond donors (Lipinski definition) is 2. The number of hydrogen-bond acceptors (Lipinski definition) is 3. The van der Waals surface area contributed by atoms with Crippen molar-refractivity contribution in [2.45, 2.75) is 30.1 Å². The molecule has 22 heavy (non-hydrogen) atoms. The number of nitrogens with one attached hydrogen (secondary N) is 1. The number of benzene rings is 2. The third-order valence-corrected chi connectivity index (χ3v) is 4.30. The third-order valence-electron chi connectivity index (χ3n) is 3.21. The van der Waals surface area contributed by atoms with Crippen molar-refractivity contribution in [1.82, 2.24) is 5.32 Å². The minimum absolute atomic E-state index is 0.0970. The Hall–Kier alpha value is -1.78. The van der Waals surface area contributed by atoms with Crippen LogP contribution in [0.2, 0.25) is 0 Å². The van der Waals surface area contributed by atoms with E-state index in [2.05, 4.69) is 17.4 Å². The lowest BCUT2D eigenvalue weighted by atomic mass is 10.2. The van der Waals surface area contributed by atoms with Crippen molar-refractivity contribution >= 4 is 17.7 Å². The first-order valence-corrected chi connectivity index (χ1v) is 8.37. The van der Waals surface area contributed by atoms with Gasteiger partial charge < -0.3 is 10.4 Å². The molecule has 1 unspecified atom stereocenters. The first kappa shape index (κ1) is 16.6. The summed E-state index contributed by atoms with van der Waals surface area (Å²) in [5.74, 6) is 0.820. The van der Waals surface area contributed by atoms with Crippen LogP contribution in [-0.2, 0) is 5.75 Å². The second-order valence-corrected chi connectivity index (χ2v) is 6.24. The van der Waals surface area contributed by atoms with E-state index in [4.69, 9.17) is 0 Å². The molecule has 0 bridgehead atoms. The average Bonchev–Trinajstić information content (AvgIpc) is 2.54. The first-order valence-electron chi connectivity index (χ1n) is 7.38. The molecule has 0 radical (unpaired) electrons. The number of aliphatic hydroxyl groups is 1. The second kappa shape index (κ2) is 8.61. The highest BCUT2D eigenvalue weighted by atomic mass is 32.2. The Kier molecular flexibility index (Phi) is 6.49. The van der Waals surface area contributed by atoms with Gasteiger partial charge in [0.05, 0.1) is 6.10 Å². The summed E-state index contributed by atoms with van der Waals surface area (Å²) in [5, 5.41) is 12.0. The smallest absolute Gasteiger partial charge is 0.251 e. The number of thioether (sulfide) groups is 1. The summed E-state index contributed by atoms with van der Waals surface area (Å²) >= 11 is 1.75. The van der Waals surface area contributed by atoms with Crippen LogP contribution in [0.1, 0.15) is 29.3 Å². The van der Waals surface area contributed by atoms with Crippen LogP contribution in [0.25, 0.3) is 0 Å². The number of amides is 1. The molecule has 0 fully saturated rings. The summed E-state index contributed by atoms with van der Waals surface area (Å²) in [7, 11) is 0. The Balaban J connectivity index is 1.83. The molecule has 1 amide bonds. The quantitative estimate of drug-likeness (QED) is 0.769. The van der Waals surface area contributed by atoms with Crippen LogP contribution in [0.4, 0.5) is 0 Å². The molecule has 116 valence electrons. The van der Waals surface area contributed by atoms with Gasteiger partial charge in [0.15, 0.2) is 0 Å². The molecule has 0 spiro atoms. The maximum atomic E-state index is 11.9. The summed E-state index contributed by atoms with van der Waals surface area (Å²) in [6, 6.07) is 17.9. The molecule has 0 saturated carbocycles. The molecule has 4 heteroatoms. The van der Waals surface area contributed by atoms with Gasteiger partial charge in [0, 0.05) is 22.8 Å². The highest BCUT2D eigenvalue weighted by molar-refractivity contribution is 7.98. The Bertz CT molecular complexity index is 582. The Labute approximate surface area is 135 Å². The van der Waals surface area contributed by atoms with Crippen molar-refractivity contribution in [3.63, 3.8) is 0 Å². The van der Waals surface area contributed by atoms with E-state index in [1.807, 2.05) is 42.5 Å². The summed E-state index contributed by atoms with van der Waals surface area (Å²) in [6.07, 6.45) is 0.175. The van der Waals surface area contributed by atoms with E-state index in [1.165, 1.54) is 5.56 Å². The second-order valence-electron chi connectivity index (χ2n) is 5.19. The molecule has 0 aliphatic rings. The van der Waals surface area contributed by atoms with Crippen LogP contribution in [0.15, 0.2) is 59.5 Å². The minimum atomic E-state index is -0.392. The zero-order valence-corrected chi connectivity index (χ0v) is 13.5. The van der Waals surface area contributed by atoms with Gasteiger partial charge in [-0.05, 0) is 43.2 Å². The first-order chi connectivity index (χ1) is 10.6. The molecule has 1 atom stereocenters. The van der Waals surface area contributed by atoms with Gasteiger partial charge in [-0.2, -0.15) is 0 Å². The summed E-state index contributed by atoms with van der Waals surface area (Å²) in [5.41, 5.74) is 1.93. The number of aliphatic hydroxyl groups excluding tert-OH is 1. The van der Waals surface area contributed by atoms with E-state index in [9.17, 15) is 9.90 Å². The topological polar surface area (TPSA) is 49.3 Å². The molecular weight excluding hydrogens is 294 g/mol. The van der Waals surface area contributed by atoms with Crippen molar-refractivity contribution in [3.8, 4) is 0 Å². The van der Waals surface area contributed by atoms with Gasteiger partial charge in [-0.1, -0.05) is 30.3 Å². The summed E-state index contributed by atoms with van der Waals surface area (Å²) < 4.78 is 0. The van der Waals surface area contributed by atoms with E-state index in [1.54, 1.807) is 18.7 Å². The van der Waals surface area contributed by atoms with Crippen molar-refractivity contribution in [2.24, 2.45) is 0 Å². The molecule has 0 heterocycles. The molecule has 2 aromatic rings. The van der Waals surface area contributed by atoms with E-state index < -0.39 is 6.10 Å². The van der Waals surface area contributed by atoms with E-state index in [-0.39, 0.29) is 5.91 Å². The van der Waals surface area contributed by atoms with E-state index in [0.717, 1.165) is 10.6 Å². The monoisotopic (exact) mass is 315 g/mol. The van der Waals surface area contributed by atoms with Gasteiger partial charge in [-0.15, -0.1) is 11.8 Å². The Morgan fingerprint density at radius 2 is 1.82 bits per heavy atom. The lowest BCUT2D eigenvalue weighted by Gasteiger charge is -2.07. The average molecular weight is 315 g/mol. The molecule has 0 aliphatic carbocycles. The lowest BCUT2D eigenvalue weighted by Crippen LogP contribution is -2.26. The van der Waals surface area contributed by atoms with Gasteiger partial charge in [0.1, 0.15) is 0 Å². The van der Waals surface area contributed by atoms with Crippen molar-refractivity contribution in [3.05, 3.63) is 65.7 Å². The van der Waals surface area contributed by atoms with Gasteiger partial charge in [0.25, 0.3) is 5.91 Å². The normalized spacial score (nSPS) is 11.9. The molecule has 3 nitrogen and oxygen atoms in total. The molecule has 2 rings (SSSR count). The number of carbonyl (C=O) groups excluding carboxylic acids is 1. The minimum Gasteiger partial charge on any atom is -0.393 e. The van der Waals surface area contributed by atoms with Crippen LogP contribution < -0.4 is 5.32 Å². The Morgan fingerprint density at radius 3 is 2.45 bits per heavy atom. The summed E-state index contributed by atoms with van der Waals surface area (Å²) in [6.45, 7) is 2.20. The van der Waals surface area contributed by atoms with Crippen LogP contribution in [0, 0.1) is 0 Å². The highest BCUT2D eigenvalue weighted by Crippen LogP contribution is 2.22. The molecule has 0 aromatic heterocycles. The van der Waals surface area contributed by atoms with Crippen LogP contribution in [0.5, 0.6) is 0 Å². The SMILES string of the molecule is CC(O)CCNC(=O)c1ccc(SCc2ccccc2)cc1. The largest absolute Gasteiger partial charge is 0.393 e. The fourth-order valence-corrected chi connectivity index (χ4v) is 2.79. The van der Waals surface area contributed by atoms with Crippen molar-refractivity contribution in [2.75, 3.05) is 6.54 Å². The van der Waals surface area contributed by atoms with E-state index in [0.29, 0.717) is 18.5 Å². The zero-order valence-electron chi connectivity index (χ0n) is 12.7. The van der Waals surface area contributed by atoms with Crippen molar-refractivity contribution < 1.29 is 9.90 Å². The fraction of sp³-hybridized carbons (Fsp3) is 0.278. The van der Waals surface area contributed by atoms with Gasteiger partial charge >= 0.3 is 0 Å². The molecule has 0 saturated heterocycles. The number of rotatable bonds is 7. The van der Waals surface area contributed by atoms with Gasteiger partial charge in [0.2, 0.25) is 0 Å².